The molecule has 2 N–H and O–H groups in total. The number of aromatic nitrogens is 2. The molecule has 2 aromatic carbocycles. The van der Waals surface area contributed by atoms with Gasteiger partial charge in [-0.3, -0.25) is 9.36 Å². The Bertz CT molecular complexity index is 1800. The third-order valence-corrected chi connectivity index (χ3v) is 11.3. The van der Waals surface area contributed by atoms with E-state index in [9.17, 15) is 27.9 Å². The van der Waals surface area contributed by atoms with Crippen molar-refractivity contribution in [2.24, 2.45) is 28.2 Å². The molecule has 14 heteroatoms. The van der Waals surface area contributed by atoms with Crippen LogP contribution in [0, 0.1) is 23.2 Å². The number of rotatable bonds is 7. The molecule has 7 rings (SSSR count). The molecule has 2 heterocycles. The number of fused-ring (bicyclic) bond motifs is 3. The largest absolute Gasteiger partial charge is 0.490 e. The summed E-state index contributed by atoms with van der Waals surface area (Å²) in [7, 11) is 0. The van der Waals surface area contributed by atoms with Crippen LogP contribution in [-0.4, -0.2) is 69.0 Å². The fourth-order valence-electron chi connectivity index (χ4n) is 7.66. The highest BCUT2D eigenvalue weighted by molar-refractivity contribution is 6.35. The van der Waals surface area contributed by atoms with Crippen molar-refractivity contribution >= 4 is 51.7 Å². The minimum atomic E-state index is -5.14. The van der Waals surface area contributed by atoms with E-state index >= 15 is 0 Å². The maximum Gasteiger partial charge on any atom is 0.490 e. The van der Waals surface area contributed by atoms with Crippen molar-refractivity contribution in [2.45, 2.75) is 77.4 Å². The van der Waals surface area contributed by atoms with Crippen LogP contribution in [0.25, 0.3) is 10.9 Å². The predicted molar refractivity (Wildman–Crippen MR) is 178 cm³/mol. The fraction of sp³-hybridized carbons (Fsp3) is 0.529. The summed E-state index contributed by atoms with van der Waals surface area (Å²) >= 11 is 12.3. The van der Waals surface area contributed by atoms with Crippen LogP contribution in [0.2, 0.25) is 10.0 Å². The number of likely N-dealkylation sites (tertiary alicyclic amines) is 1. The van der Waals surface area contributed by atoms with Crippen LogP contribution in [0.4, 0.5) is 18.9 Å². The van der Waals surface area contributed by atoms with E-state index < -0.39 is 30.9 Å². The van der Waals surface area contributed by atoms with E-state index in [1.807, 2.05) is 6.07 Å². The summed E-state index contributed by atoms with van der Waals surface area (Å²) in [5, 5.41) is 15.5. The zero-order chi connectivity index (χ0) is 34.5. The van der Waals surface area contributed by atoms with Crippen molar-refractivity contribution in [3.8, 4) is 0 Å². The molecule has 48 heavy (non-hydrogen) atoms. The minimum Gasteiger partial charge on any atom is -0.457 e. The first-order valence-electron chi connectivity index (χ1n) is 16.1. The second-order valence-electron chi connectivity index (χ2n) is 13.8. The average Bonchev–Trinajstić information content (AvgIpc) is 3.39. The Balaban J connectivity index is 1.26. The van der Waals surface area contributed by atoms with Gasteiger partial charge in [0.15, 0.2) is 5.96 Å². The van der Waals surface area contributed by atoms with Crippen LogP contribution in [0.15, 0.2) is 52.5 Å². The molecular formula is C34H38Cl2F3N5O4. The van der Waals surface area contributed by atoms with Gasteiger partial charge < -0.3 is 20.1 Å². The number of nitrogens with zero attached hydrogens (tertiary/aromatic N) is 4. The first kappa shape index (κ1) is 34.5. The second kappa shape index (κ2) is 13.2. The van der Waals surface area contributed by atoms with Gasteiger partial charge in [-0.2, -0.15) is 13.2 Å². The molecule has 0 radical (unpaired) electrons. The number of ether oxygens (including phenoxy) is 1. The Hall–Kier alpha value is -3.35. The van der Waals surface area contributed by atoms with Crippen molar-refractivity contribution < 1.29 is 27.8 Å². The van der Waals surface area contributed by atoms with Gasteiger partial charge in [-0.05, 0) is 84.7 Å². The number of esters is 1. The van der Waals surface area contributed by atoms with Gasteiger partial charge in [-0.25, -0.2) is 14.8 Å². The standard InChI is InChI=1S/C34H38Cl2F3N5O4/c1-18-24-12-20(33(24,2)3)13-26(18)42-32(44-11-9-29(45)28(44)16-48-31(47)34(37,38)39)41-22-6-7-23-27(15-22)40-17-43(30(23)46)10-8-19-4-5-21(35)14-25(19)36/h4-7,14-15,17-18,20,24,26,28-29,45H,8-13,16H2,1-3H3,(H,41,42)/t18-,20-,24+,26-,28+,29-/m0/s1. The Labute approximate surface area is 286 Å². The van der Waals surface area contributed by atoms with Gasteiger partial charge in [0.2, 0.25) is 0 Å². The Morgan fingerprint density at radius 3 is 2.65 bits per heavy atom. The topological polar surface area (TPSA) is 109 Å². The molecule has 1 aromatic heterocycles. The van der Waals surface area contributed by atoms with E-state index in [0.29, 0.717) is 57.4 Å². The molecule has 3 saturated carbocycles. The van der Waals surface area contributed by atoms with Crippen LogP contribution < -0.4 is 10.9 Å². The fourth-order valence-corrected chi connectivity index (χ4v) is 8.17. The summed E-state index contributed by atoms with van der Waals surface area (Å²) in [5.41, 5.74) is 1.84. The SMILES string of the molecule is C[C@@H]1[C@@H](N=C(Nc2ccc3c(=O)n(CCc4ccc(Cl)cc4Cl)cnc3c2)N2CC[C@H](O)[C@H]2COC(=O)C(F)(F)F)C[C@@H]2C[C@H]1C2(C)C. The van der Waals surface area contributed by atoms with Crippen LogP contribution in [0.3, 0.4) is 0 Å². The smallest absolute Gasteiger partial charge is 0.457 e. The first-order valence-corrected chi connectivity index (χ1v) is 16.9. The summed E-state index contributed by atoms with van der Waals surface area (Å²) in [4.78, 5) is 36.2. The lowest BCUT2D eigenvalue weighted by Gasteiger charge is -2.61. The first-order chi connectivity index (χ1) is 22.6. The third kappa shape index (κ3) is 6.76. The van der Waals surface area contributed by atoms with Gasteiger partial charge in [0.05, 0.1) is 35.4 Å². The van der Waals surface area contributed by atoms with Gasteiger partial charge in [0.1, 0.15) is 6.61 Å². The number of aliphatic hydroxyl groups excluding tert-OH is 1. The summed E-state index contributed by atoms with van der Waals surface area (Å²) in [6.45, 7) is 6.74. The monoisotopic (exact) mass is 707 g/mol. The van der Waals surface area contributed by atoms with Gasteiger partial charge in [-0.15, -0.1) is 0 Å². The predicted octanol–water partition coefficient (Wildman–Crippen LogP) is 6.33. The number of aliphatic hydroxyl groups is 1. The van der Waals surface area contributed by atoms with Crippen molar-refractivity contribution in [1.82, 2.24) is 14.5 Å². The van der Waals surface area contributed by atoms with Crippen molar-refractivity contribution in [3.63, 3.8) is 0 Å². The number of benzene rings is 2. The van der Waals surface area contributed by atoms with E-state index in [-0.39, 0.29) is 35.9 Å². The van der Waals surface area contributed by atoms with Gasteiger partial charge in [0.25, 0.3) is 5.56 Å². The number of aliphatic imine (C=N–C) groups is 1. The summed E-state index contributed by atoms with van der Waals surface area (Å²) in [6.07, 6.45) is -1.94. The van der Waals surface area contributed by atoms with Gasteiger partial charge >= 0.3 is 12.1 Å². The molecule has 0 amide bonds. The molecule has 0 unspecified atom stereocenters. The Morgan fingerprint density at radius 1 is 1.19 bits per heavy atom. The van der Waals surface area contributed by atoms with Gasteiger partial charge in [0, 0.05) is 28.8 Å². The number of nitrogens with one attached hydrogen (secondary N) is 1. The molecule has 1 saturated heterocycles. The molecule has 258 valence electrons. The maximum atomic E-state index is 13.4. The molecule has 4 aliphatic rings. The third-order valence-electron chi connectivity index (χ3n) is 10.7. The summed E-state index contributed by atoms with van der Waals surface area (Å²) < 4.78 is 44.9. The highest BCUT2D eigenvalue weighted by Gasteiger charge is 2.56. The van der Waals surface area contributed by atoms with E-state index in [1.54, 1.807) is 35.2 Å². The second-order valence-corrected chi connectivity index (χ2v) is 14.6. The van der Waals surface area contributed by atoms with Crippen LogP contribution in [-0.2, 0) is 22.5 Å². The lowest BCUT2D eigenvalue weighted by Crippen LogP contribution is -2.57. The molecule has 1 aliphatic heterocycles. The lowest BCUT2D eigenvalue weighted by atomic mass is 9.45. The molecule has 0 spiro atoms. The summed E-state index contributed by atoms with van der Waals surface area (Å²) in [5.74, 6) is -0.692. The lowest BCUT2D eigenvalue weighted by molar-refractivity contribution is -0.201. The van der Waals surface area contributed by atoms with Gasteiger partial charge in [-0.1, -0.05) is 50.0 Å². The van der Waals surface area contributed by atoms with E-state index in [4.69, 9.17) is 28.2 Å². The van der Waals surface area contributed by atoms with Crippen molar-refractivity contribution in [2.75, 3.05) is 18.5 Å². The molecule has 2 bridgehead atoms. The Morgan fingerprint density at radius 2 is 1.96 bits per heavy atom. The van der Waals surface area contributed by atoms with Crippen molar-refractivity contribution in [1.29, 1.82) is 0 Å². The number of carbonyl (C=O) groups is 1. The maximum absolute atomic E-state index is 13.4. The zero-order valence-electron chi connectivity index (χ0n) is 26.8. The molecule has 3 aliphatic carbocycles. The number of halogens is 5. The summed E-state index contributed by atoms with van der Waals surface area (Å²) in [6, 6.07) is 9.33. The molecule has 3 aromatic rings. The number of anilines is 1. The average molecular weight is 709 g/mol. The van der Waals surface area contributed by atoms with Crippen LogP contribution in [0.1, 0.15) is 45.6 Å². The minimum absolute atomic E-state index is 0.0553. The van der Waals surface area contributed by atoms with E-state index in [2.05, 4.69) is 35.8 Å². The molecule has 4 fully saturated rings. The highest BCUT2D eigenvalue weighted by atomic mass is 35.5. The number of hydrogen-bond donors (Lipinski definition) is 2. The quantitative estimate of drug-likeness (QED) is 0.168. The van der Waals surface area contributed by atoms with Crippen molar-refractivity contribution in [3.05, 3.63) is 68.7 Å². The number of guanidine groups is 1. The number of carbonyl (C=O) groups excluding carboxylic acids is 1. The molecule has 6 atom stereocenters. The van der Waals surface area contributed by atoms with Crippen LogP contribution >= 0.6 is 23.2 Å². The van der Waals surface area contributed by atoms with E-state index in [1.165, 1.54) is 10.9 Å². The molecular weight excluding hydrogens is 670 g/mol. The zero-order valence-corrected chi connectivity index (χ0v) is 28.3. The van der Waals surface area contributed by atoms with Crippen LogP contribution in [0.5, 0.6) is 0 Å². The number of hydrogen-bond acceptors (Lipinski definition) is 6. The van der Waals surface area contributed by atoms with E-state index in [0.717, 1.165) is 18.4 Å². The number of alkyl halides is 3. The number of aryl methyl sites for hydroxylation is 2. The normalized spacial score (nSPS) is 26.8. The molecule has 9 nitrogen and oxygen atoms in total. The Kier molecular flexibility index (Phi) is 9.47. The highest BCUT2D eigenvalue weighted by Crippen LogP contribution is 2.61.